The van der Waals surface area contributed by atoms with E-state index in [-0.39, 0.29) is 30.2 Å². The van der Waals surface area contributed by atoms with Crippen molar-refractivity contribution in [1.29, 1.82) is 0 Å². The predicted octanol–water partition coefficient (Wildman–Crippen LogP) is 4.39. The molecule has 1 aromatic heterocycles. The van der Waals surface area contributed by atoms with E-state index >= 15 is 4.39 Å². The van der Waals surface area contributed by atoms with Crippen molar-refractivity contribution in [2.45, 2.75) is 69.3 Å². The number of amides is 2. The van der Waals surface area contributed by atoms with Crippen LogP contribution in [0.4, 0.5) is 23.2 Å². The summed E-state index contributed by atoms with van der Waals surface area (Å²) < 4.78 is 57.8. The van der Waals surface area contributed by atoms with E-state index in [9.17, 15) is 22.8 Å². The molecule has 3 aliphatic rings. The van der Waals surface area contributed by atoms with Crippen LogP contribution in [0.1, 0.15) is 59.3 Å². The number of hydrogen-bond donors (Lipinski definition) is 2. The van der Waals surface area contributed by atoms with Crippen molar-refractivity contribution in [2.24, 2.45) is 0 Å². The van der Waals surface area contributed by atoms with Gasteiger partial charge in [0.2, 0.25) is 11.8 Å². The van der Waals surface area contributed by atoms with Gasteiger partial charge in [-0.25, -0.2) is 9.37 Å². The summed E-state index contributed by atoms with van der Waals surface area (Å²) in [6.07, 6.45) is -0.710. The fraction of sp³-hybridized carbons (Fsp3) is 0.536. The van der Waals surface area contributed by atoms with E-state index in [0.29, 0.717) is 69.3 Å². The highest BCUT2D eigenvalue weighted by molar-refractivity contribution is 6.08. The molecule has 5 rings (SSSR count). The van der Waals surface area contributed by atoms with Crippen molar-refractivity contribution < 1.29 is 31.9 Å². The van der Waals surface area contributed by atoms with Crippen LogP contribution in [0.25, 0.3) is 0 Å². The number of fused-ring (bicyclic) bond motifs is 2. The summed E-state index contributed by atoms with van der Waals surface area (Å²) in [4.78, 5) is 31.1. The average molecular weight is 549 g/mol. The second kappa shape index (κ2) is 11.1. The first-order valence-electron chi connectivity index (χ1n) is 13.4. The Labute approximate surface area is 224 Å². The van der Waals surface area contributed by atoms with Gasteiger partial charge >= 0.3 is 6.18 Å². The molecule has 210 valence electrons. The Balaban J connectivity index is 1.08. The van der Waals surface area contributed by atoms with E-state index in [1.807, 2.05) is 6.07 Å². The minimum absolute atomic E-state index is 0.0347. The molecule has 2 aromatic rings. The lowest BCUT2D eigenvalue weighted by Crippen LogP contribution is -2.43. The van der Waals surface area contributed by atoms with Gasteiger partial charge in [0.1, 0.15) is 5.67 Å². The second-order valence-electron chi connectivity index (χ2n) is 10.7. The standard InChI is InChI=1S/C28H32F4N4O3/c29-27(10-6-20(7-11-27)33-26(38)21-3-1-2-19-16-23(37)35-25(19)21)12-15-36-13-8-18-4-5-24(34-22(18)9-14-36)39-17-28(30,31)32/h1-5,20H,6-17H2,(H,33,38)(H,35,37). The van der Waals surface area contributed by atoms with Crippen molar-refractivity contribution in [2.75, 3.05) is 31.6 Å². The molecule has 2 N–H and O–H groups in total. The van der Waals surface area contributed by atoms with Gasteiger partial charge in [-0.05, 0) is 55.7 Å². The number of nitrogens with zero attached hydrogens (tertiary/aromatic N) is 2. The van der Waals surface area contributed by atoms with Gasteiger partial charge in [0.15, 0.2) is 6.61 Å². The van der Waals surface area contributed by atoms with E-state index < -0.39 is 18.5 Å². The summed E-state index contributed by atoms with van der Waals surface area (Å²) in [7, 11) is 0. The minimum Gasteiger partial charge on any atom is -0.468 e. The van der Waals surface area contributed by atoms with Gasteiger partial charge < -0.3 is 20.3 Å². The third-order valence-corrected chi connectivity index (χ3v) is 7.89. The number of para-hydroxylation sites is 1. The number of pyridine rings is 1. The first-order chi connectivity index (χ1) is 18.6. The Bertz CT molecular complexity index is 1230. The first-order valence-corrected chi connectivity index (χ1v) is 13.4. The van der Waals surface area contributed by atoms with Crippen LogP contribution in [-0.2, 0) is 24.1 Å². The number of carbonyl (C=O) groups is 2. The van der Waals surface area contributed by atoms with Gasteiger partial charge in [-0.2, -0.15) is 13.2 Å². The minimum atomic E-state index is -4.42. The molecule has 2 aliphatic heterocycles. The van der Waals surface area contributed by atoms with E-state index in [1.165, 1.54) is 6.07 Å². The average Bonchev–Trinajstić information content (AvgIpc) is 3.16. The summed E-state index contributed by atoms with van der Waals surface area (Å²) in [6, 6.07) is 8.39. The lowest BCUT2D eigenvalue weighted by Gasteiger charge is -2.35. The molecule has 2 amide bonds. The maximum Gasteiger partial charge on any atom is 0.422 e. The lowest BCUT2D eigenvalue weighted by molar-refractivity contribution is -0.154. The van der Waals surface area contributed by atoms with Gasteiger partial charge in [-0.3, -0.25) is 9.59 Å². The number of alkyl halides is 4. The van der Waals surface area contributed by atoms with Crippen LogP contribution in [-0.4, -0.2) is 65.8 Å². The fourth-order valence-corrected chi connectivity index (χ4v) is 5.66. The molecule has 1 saturated carbocycles. The van der Waals surface area contributed by atoms with Gasteiger partial charge in [0.25, 0.3) is 5.91 Å². The summed E-state index contributed by atoms with van der Waals surface area (Å²) in [5.74, 6) is -0.419. The van der Waals surface area contributed by atoms with E-state index in [0.717, 1.165) is 23.4 Å². The van der Waals surface area contributed by atoms with Crippen molar-refractivity contribution in [3.63, 3.8) is 0 Å². The molecule has 1 aliphatic carbocycles. The summed E-state index contributed by atoms with van der Waals surface area (Å²) >= 11 is 0. The quantitative estimate of drug-likeness (QED) is 0.502. The molecule has 39 heavy (non-hydrogen) atoms. The SMILES string of the molecule is O=C1Cc2cccc(C(=O)NC3CCC(F)(CCN4CCc5ccc(OCC(F)(F)F)nc5CC4)CC3)c2N1. The number of halogens is 4. The Morgan fingerprint density at radius 1 is 1.13 bits per heavy atom. The molecule has 3 heterocycles. The van der Waals surface area contributed by atoms with E-state index in [1.54, 1.807) is 18.2 Å². The number of benzene rings is 1. The van der Waals surface area contributed by atoms with Crippen LogP contribution in [0.2, 0.25) is 0 Å². The highest BCUT2D eigenvalue weighted by atomic mass is 19.4. The fourth-order valence-electron chi connectivity index (χ4n) is 5.66. The molecule has 11 heteroatoms. The topological polar surface area (TPSA) is 83.6 Å². The Morgan fingerprint density at radius 3 is 2.67 bits per heavy atom. The van der Waals surface area contributed by atoms with Crippen molar-refractivity contribution in [3.8, 4) is 5.88 Å². The molecule has 1 fully saturated rings. The summed E-state index contributed by atoms with van der Waals surface area (Å²) in [6.45, 7) is 0.578. The van der Waals surface area contributed by atoms with Crippen LogP contribution in [0.5, 0.6) is 5.88 Å². The van der Waals surface area contributed by atoms with Crippen LogP contribution < -0.4 is 15.4 Å². The maximum absolute atomic E-state index is 15.7. The Kier molecular flexibility index (Phi) is 7.80. The molecule has 0 radical (unpaired) electrons. The highest BCUT2D eigenvalue weighted by Crippen LogP contribution is 2.36. The molecule has 0 unspecified atom stereocenters. The first kappa shape index (κ1) is 27.4. The largest absolute Gasteiger partial charge is 0.468 e. The number of rotatable bonds is 7. The van der Waals surface area contributed by atoms with Crippen molar-refractivity contribution >= 4 is 17.5 Å². The van der Waals surface area contributed by atoms with Crippen molar-refractivity contribution in [1.82, 2.24) is 15.2 Å². The normalized spacial score (nSPS) is 23.4. The zero-order chi connectivity index (χ0) is 27.6. The number of carbonyl (C=O) groups excluding carboxylic acids is 2. The second-order valence-corrected chi connectivity index (χ2v) is 10.7. The van der Waals surface area contributed by atoms with Gasteiger partial charge in [0.05, 0.1) is 17.7 Å². The van der Waals surface area contributed by atoms with E-state index in [2.05, 4.69) is 20.5 Å². The third kappa shape index (κ3) is 6.87. The maximum atomic E-state index is 15.7. The Morgan fingerprint density at radius 2 is 1.90 bits per heavy atom. The zero-order valence-corrected chi connectivity index (χ0v) is 21.6. The zero-order valence-electron chi connectivity index (χ0n) is 21.6. The van der Waals surface area contributed by atoms with Gasteiger partial charge in [0, 0.05) is 43.9 Å². The molecule has 0 spiro atoms. The van der Waals surface area contributed by atoms with E-state index in [4.69, 9.17) is 4.74 Å². The molecule has 0 atom stereocenters. The lowest BCUT2D eigenvalue weighted by atomic mass is 9.81. The molecular formula is C28H32F4N4O3. The Hall–Kier alpha value is -3.21. The molecule has 0 bridgehead atoms. The number of hydrogen-bond acceptors (Lipinski definition) is 5. The van der Waals surface area contributed by atoms with Gasteiger partial charge in [-0.1, -0.05) is 18.2 Å². The number of aromatic nitrogens is 1. The molecule has 0 saturated heterocycles. The summed E-state index contributed by atoms with van der Waals surface area (Å²) in [5, 5.41) is 5.77. The highest BCUT2D eigenvalue weighted by Gasteiger charge is 2.36. The summed E-state index contributed by atoms with van der Waals surface area (Å²) in [5.41, 5.74) is 2.21. The molecule has 1 aromatic carbocycles. The number of anilines is 1. The van der Waals surface area contributed by atoms with Crippen LogP contribution in [0.3, 0.4) is 0 Å². The number of nitrogens with one attached hydrogen (secondary N) is 2. The molecular weight excluding hydrogens is 516 g/mol. The smallest absolute Gasteiger partial charge is 0.422 e. The third-order valence-electron chi connectivity index (χ3n) is 7.89. The number of ether oxygens (including phenoxy) is 1. The monoisotopic (exact) mass is 548 g/mol. The molecule has 7 nitrogen and oxygen atoms in total. The van der Waals surface area contributed by atoms with Gasteiger partial charge in [-0.15, -0.1) is 0 Å². The van der Waals surface area contributed by atoms with Crippen molar-refractivity contribution in [3.05, 3.63) is 52.7 Å². The van der Waals surface area contributed by atoms with Crippen LogP contribution in [0, 0.1) is 0 Å². The van der Waals surface area contributed by atoms with Crippen LogP contribution >= 0.6 is 0 Å². The predicted molar refractivity (Wildman–Crippen MR) is 137 cm³/mol. The van der Waals surface area contributed by atoms with Crippen LogP contribution in [0.15, 0.2) is 30.3 Å².